The first kappa shape index (κ1) is 24.9. The number of hydrogen-bond acceptors (Lipinski definition) is 4. The molecule has 0 radical (unpaired) electrons. The van der Waals surface area contributed by atoms with Gasteiger partial charge in [0, 0.05) is 25.4 Å². The third kappa shape index (κ3) is 6.65. The van der Waals surface area contributed by atoms with Crippen LogP contribution in [0.4, 0.5) is 10.5 Å². The lowest BCUT2D eigenvalue weighted by Crippen LogP contribution is -2.49. The number of urea groups is 1. The van der Waals surface area contributed by atoms with Crippen molar-refractivity contribution in [2.75, 3.05) is 50.9 Å². The molecule has 3 amide bonds. The standard InChI is InChI=1S/C25H35N3O4S/c1-32-21-11-7-19(8-12-21)23(27-25(31)28-15-5-6-18(16-28)17-29)24(30)26-20-9-13-22(14-10-20)33(2,3)4/h7-14,18,23,29H,5-6,15-17H2,1-4H3,(H,26,30)(H,27,31). The van der Waals surface area contributed by atoms with Crippen molar-refractivity contribution in [1.29, 1.82) is 0 Å². The van der Waals surface area contributed by atoms with Crippen LogP contribution >= 0.6 is 10.0 Å². The number of ether oxygens (including phenoxy) is 1. The van der Waals surface area contributed by atoms with Gasteiger partial charge in [-0.15, -0.1) is 0 Å². The second kappa shape index (κ2) is 10.9. The fourth-order valence-electron chi connectivity index (χ4n) is 3.87. The third-order valence-electron chi connectivity index (χ3n) is 5.87. The Balaban J connectivity index is 1.78. The number of carbonyl (C=O) groups is 2. The zero-order valence-electron chi connectivity index (χ0n) is 19.8. The lowest BCUT2D eigenvalue weighted by Gasteiger charge is -2.33. The second-order valence-corrected chi connectivity index (χ2v) is 13.3. The van der Waals surface area contributed by atoms with E-state index in [2.05, 4.69) is 29.4 Å². The summed E-state index contributed by atoms with van der Waals surface area (Å²) >= 11 is 0. The molecule has 1 aliphatic heterocycles. The number of aliphatic hydroxyl groups excluding tert-OH is 1. The lowest BCUT2D eigenvalue weighted by molar-refractivity contribution is -0.118. The van der Waals surface area contributed by atoms with Crippen LogP contribution in [0.25, 0.3) is 0 Å². The van der Waals surface area contributed by atoms with Crippen LogP contribution in [0.15, 0.2) is 53.4 Å². The van der Waals surface area contributed by atoms with Gasteiger partial charge in [-0.3, -0.25) is 4.79 Å². The van der Waals surface area contributed by atoms with Crippen molar-refractivity contribution in [2.45, 2.75) is 23.8 Å². The van der Waals surface area contributed by atoms with Crippen LogP contribution in [-0.2, 0) is 4.79 Å². The summed E-state index contributed by atoms with van der Waals surface area (Å²) in [5, 5.41) is 15.3. The fraction of sp³-hybridized carbons (Fsp3) is 0.440. The summed E-state index contributed by atoms with van der Waals surface area (Å²) in [6.07, 6.45) is 8.39. The van der Waals surface area contributed by atoms with Crippen molar-refractivity contribution >= 4 is 27.7 Å². The van der Waals surface area contributed by atoms with Crippen molar-refractivity contribution in [1.82, 2.24) is 10.2 Å². The molecule has 2 aromatic carbocycles. The highest BCUT2D eigenvalue weighted by molar-refractivity contribution is 8.32. The normalized spacial score (nSPS) is 17.7. The summed E-state index contributed by atoms with van der Waals surface area (Å²) in [5.41, 5.74) is 1.34. The van der Waals surface area contributed by atoms with Gasteiger partial charge in [0.2, 0.25) is 0 Å². The third-order valence-corrected chi connectivity index (χ3v) is 7.56. The van der Waals surface area contributed by atoms with E-state index in [1.807, 2.05) is 24.3 Å². The molecular weight excluding hydrogens is 438 g/mol. The molecule has 0 aliphatic carbocycles. The molecule has 3 N–H and O–H groups in total. The van der Waals surface area contributed by atoms with Gasteiger partial charge in [-0.2, -0.15) is 0 Å². The summed E-state index contributed by atoms with van der Waals surface area (Å²) in [5.74, 6) is 0.424. The molecule has 2 atom stereocenters. The second-order valence-electron chi connectivity index (χ2n) is 9.14. The number of nitrogens with zero attached hydrogens (tertiary/aromatic N) is 1. The first-order valence-electron chi connectivity index (χ1n) is 11.1. The number of anilines is 1. The fourth-order valence-corrected chi connectivity index (χ4v) is 4.82. The van der Waals surface area contributed by atoms with E-state index in [1.54, 1.807) is 36.3 Å². The van der Waals surface area contributed by atoms with Crippen molar-refractivity contribution in [3.05, 3.63) is 54.1 Å². The number of methoxy groups -OCH3 is 1. The Kier molecular flexibility index (Phi) is 8.26. The first-order chi connectivity index (χ1) is 15.7. The number of rotatable bonds is 7. The van der Waals surface area contributed by atoms with Crippen LogP contribution in [0.1, 0.15) is 24.4 Å². The minimum atomic E-state index is -0.870. The zero-order valence-corrected chi connectivity index (χ0v) is 20.7. The number of carbonyl (C=O) groups excluding carboxylic acids is 2. The maximum absolute atomic E-state index is 13.3. The molecule has 0 aromatic heterocycles. The molecular formula is C25H35N3O4S. The van der Waals surface area contributed by atoms with Gasteiger partial charge in [-0.25, -0.2) is 14.8 Å². The van der Waals surface area contributed by atoms with Gasteiger partial charge in [0.05, 0.1) is 7.11 Å². The van der Waals surface area contributed by atoms with Crippen molar-refractivity contribution in [3.8, 4) is 5.75 Å². The highest BCUT2D eigenvalue weighted by Gasteiger charge is 2.28. The topological polar surface area (TPSA) is 90.9 Å². The van der Waals surface area contributed by atoms with Crippen molar-refractivity contribution in [2.24, 2.45) is 5.92 Å². The predicted molar refractivity (Wildman–Crippen MR) is 134 cm³/mol. The molecule has 2 aromatic rings. The predicted octanol–water partition coefficient (Wildman–Crippen LogP) is 3.84. The Morgan fingerprint density at radius 2 is 1.79 bits per heavy atom. The van der Waals surface area contributed by atoms with Gasteiger partial charge in [0.1, 0.15) is 11.8 Å². The van der Waals surface area contributed by atoms with Crippen LogP contribution in [0.2, 0.25) is 0 Å². The molecule has 0 spiro atoms. The van der Waals surface area contributed by atoms with Gasteiger partial charge >= 0.3 is 6.03 Å². The Labute approximate surface area is 197 Å². The van der Waals surface area contributed by atoms with E-state index < -0.39 is 16.1 Å². The molecule has 3 rings (SSSR count). The molecule has 2 unspecified atom stereocenters. The highest BCUT2D eigenvalue weighted by Crippen LogP contribution is 2.45. The number of likely N-dealkylation sites (tertiary alicyclic amines) is 1. The highest BCUT2D eigenvalue weighted by atomic mass is 32.3. The average Bonchev–Trinajstić information content (AvgIpc) is 2.82. The monoisotopic (exact) mass is 473 g/mol. The van der Waals surface area contributed by atoms with Gasteiger partial charge < -0.3 is 25.4 Å². The van der Waals surface area contributed by atoms with E-state index in [1.165, 1.54) is 4.90 Å². The van der Waals surface area contributed by atoms with Crippen LogP contribution in [0, 0.1) is 5.92 Å². The summed E-state index contributed by atoms with van der Waals surface area (Å²) in [4.78, 5) is 29.2. The lowest BCUT2D eigenvalue weighted by atomic mass is 9.99. The quantitative estimate of drug-likeness (QED) is 0.570. The molecule has 33 heavy (non-hydrogen) atoms. The smallest absolute Gasteiger partial charge is 0.318 e. The molecule has 8 heteroatoms. The molecule has 1 aliphatic rings. The van der Waals surface area contributed by atoms with Crippen molar-refractivity contribution < 1.29 is 19.4 Å². The minimum Gasteiger partial charge on any atom is -0.497 e. The molecule has 1 heterocycles. The molecule has 1 saturated heterocycles. The SMILES string of the molecule is COc1ccc(C(NC(=O)N2CCCC(CO)C2)C(=O)Nc2ccc(S(C)(C)C)cc2)cc1. The van der Waals surface area contributed by atoms with Gasteiger partial charge in [-0.1, -0.05) is 12.1 Å². The van der Waals surface area contributed by atoms with Crippen molar-refractivity contribution in [3.63, 3.8) is 0 Å². The van der Waals surface area contributed by atoms with E-state index in [9.17, 15) is 14.7 Å². The van der Waals surface area contributed by atoms with Gasteiger partial charge in [-0.05, 0) is 84.4 Å². The summed E-state index contributed by atoms with van der Waals surface area (Å²) in [7, 11) is 0.727. The van der Waals surface area contributed by atoms with E-state index in [0.29, 0.717) is 30.1 Å². The Bertz CT molecular complexity index is 942. The van der Waals surface area contributed by atoms with Crippen LogP contribution in [-0.4, -0.2) is 67.5 Å². The zero-order chi connectivity index (χ0) is 24.0. The summed E-state index contributed by atoms with van der Waals surface area (Å²) in [6, 6.07) is 13.8. The van der Waals surface area contributed by atoms with E-state index in [0.717, 1.165) is 12.8 Å². The Hall–Kier alpha value is -2.71. The summed E-state index contributed by atoms with van der Waals surface area (Å²) in [6.45, 7) is 1.14. The maximum atomic E-state index is 13.3. The van der Waals surface area contributed by atoms with Gasteiger partial charge in [0.15, 0.2) is 0 Å². The van der Waals surface area contributed by atoms with Crippen LogP contribution in [0.3, 0.4) is 0 Å². The largest absolute Gasteiger partial charge is 0.497 e. The molecule has 7 nitrogen and oxygen atoms in total. The van der Waals surface area contributed by atoms with E-state index >= 15 is 0 Å². The number of benzene rings is 2. The molecule has 0 saturated carbocycles. The van der Waals surface area contributed by atoms with E-state index in [4.69, 9.17) is 4.74 Å². The van der Waals surface area contributed by atoms with Crippen LogP contribution < -0.4 is 15.4 Å². The number of hydrogen-bond donors (Lipinski definition) is 3. The summed E-state index contributed by atoms with van der Waals surface area (Å²) < 4.78 is 5.23. The number of piperidine rings is 1. The van der Waals surface area contributed by atoms with Crippen LogP contribution in [0.5, 0.6) is 5.75 Å². The Morgan fingerprint density at radius 3 is 2.36 bits per heavy atom. The average molecular weight is 474 g/mol. The number of nitrogens with one attached hydrogen (secondary N) is 2. The number of amides is 3. The maximum Gasteiger partial charge on any atom is 0.318 e. The van der Waals surface area contributed by atoms with Gasteiger partial charge in [0.25, 0.3) is 5.91 Å². The molecule has 1 fully saturated rings. The minimum absolute atomic E-state index is 0.0540. The number of aliphatic hydroxyl groups is 1. The molecule has 180 valence electrons. The van der Waals surface area contributed by atoms with E-state index in [-0.39, 0.29) is 24.5 Å². The Morgan fingerprint density at radius 1 is 1.12 bits per heavy atom. The molecule has 0 bridgehead atoms. The first-order valence-corrected chi connectivity index (χ1v) is 14.0.